The van der Waals surface area contributed by atoms with Gasteiger partial charge in [-0.05, 0) is 30.5 Å². The summed E-state index contributed by atoms with van der Waals surface area (Å²) >= 11 is 0. The molecule has 0 radical (unpaired) electrons. The van der Waals surface area contributed by atoms with E-state index in [9.17, 15) is 0 Å². The molecule has 1 rings (SSSR count). The number of allylic oxidation sites excluding steroid dienone is 1. The molecule has 0 amide bonds. The number of nitrogens with two attached hydrogens (primary N) is 1. The third-order valence-electron chi connectivity index (χ3n) is 2.20. The van der Waals surface area contributed by atoms with E-state index in [1.165, 1.54) is 5.56 Å². The molecule has 0 unspecified atom stereocenters. The Morgan fingerprint density at radius 1 is 1.44 bits per heavy atom. The van der Waals surface area contributed by atoms with Crippen molar-refractivity contribution in [2.45, 2.75) is 33.1 Å². The fourth-order valence-electron chi connectivity index (χ4n) is 1.23. The number of unbranched alkanes of at least 4 members (excludes halogenated alkanes) is 1. The van der Waals surface area contributed by atoms with Crippen LogP contribution in [0.25, 0.3) is 0 Å². The van der Waals surface area contributed by atoms with E-state index in [4.69, 9.17) is 5.73 Å². The Hall–Kier alpha value is -1.64. The number of pyridine rings is 1. The predicted octanol–water partition coefficient (Wildman–Crippen LogP) is 2.99. The number of amidine groups is 1. The van der Waals surface area contributed by atoms with Gasteiger partial charge in [-0.25, -0.2) is 9.98 Å². The van der Waals surface area contributed by atoms with Crippen LogP contribution in [0.15, 0.2) is 35.5 Å². The molecule has 0 atom stereocenters. The van der Waals surface area contributed by atoms with E-state index in [-0.39, 0.29) is 0 Å². The first kappa shape index (κ1) is 12.4. The number of hydrogen-bond donors (Lipinski definition) is 1. The standard InChI is InChI=1S/C13H19N3/c1-3-5-6-7-12(14)16-13-9-8-11(4-2)10-15-13/h6-10H,3-5H2,1-2H3,(H2,14,15,16)/b7-6-. The zero-order valence-electron chi connectivity index (χ0n) is 9.98. The van der Waals surface area contributed by atoms with Crippen molar-refractivity contribution in [3.8, 4) is 0 Å². The van der Waals surface area contributed by atoms with Crippen molar-refractivity contribution in [2.75, 3.05) is 0 Å². The lowest BCUT2D eigenvalue weighted by atomic mass is 10.2. The molecule has 0 aliphatic heterocycles. The minimum absolute atomic E-state index is 0.505. The van der Waals surface area contributed by atoms with Gasteiger partial charge in [0.25, 0.3) is 0 Å². The molecule has 1 heterocycles. The van der Waals surface area contributed by atoms with Crippen molar-refractivity contribution in [3.63, 3.8) is 0 Å². The van der Waals surface area contributed by atoms with Crippen LogP contribution in [0, 0.1) is 0 Å². The summed E-state index contributed by atoms with van der Waals surface area (Å²) in [4.78, 5) is 8.42. The van der Waals surface area contributed by atoms with Crippen molar-refractivity contribution >= 4 is 11.7 Å². The molecule has 3 heteroatoms. The molecule has 0 saturated carbocycles. The van der Waals surface area contributed by atoms with Gasteiger partial charge < -0.3 is 5.73 Å². The molecule has 2 N–H and O–H groups in total. The molecule has 1 aromatic heterocycles. The van der Waals surface area contributed by atoms with Crippen LogP contribution in [-0.4, -0.2) is 10.8 Å². The van der Waals surface area contributed by atoms with E-state index < -0.39 is 0 Å². The van der Waals surface area contributed by atoms with Gasteiger partial charge in [0.05, 0.1) is 0 Å². The van der Waals surface area contributed by atoms with Crippen LogP contribution in [0.2, 0.25) is 0 Å². The lowest BCUT2D eigenvalue weighted by molar-refractivity contribution is 0.959. The molecule has 0 fully saturated rings. The Morgan fingerprint density at radius 2 is 2.25 bits per heavy atom. The average Bonchev–Trinajstić information content (AvgIpc) is 2.30. The Labute approximate surface area is 97.1 Å². The maximum absolute atomic E-state index is 5.74. The van der Waals surface area contributed by atoms with Crippen LogP contribution in [0.4, 0.5) is 5.82 Å². The monoisotopic (exact) mass is 217 g/mol. The molecule has 86 valence electrons. The highest BCUT2D eigenvalue weighted by atomic mass is 14.9. The molecular formula is C13H19N3. The smallest absolute Gasteiger partial charge is 0.154 e. The molecule has 0 bridgehead atoms. The van der Waals surface area contributed by atoms with Crippen LogP contribution in [0.3, 0.4) is 0 Å². The van der Waals surface area contributed by atoms with Gasteiger partial charge in [-0.3, -0.25) is 0 Å². The van der Waals surface area contributed by atoms with E-state index in [1.807, 2.05) is 30.5 Å². The number of aromatic nitrogens is 1. The summed E-state index contributed by atoms with van der Waals surface area (Å²) in [6.45, 7) is 4.23. The SMILES string of the molecule is CCC/C=C\C(N)=Nc1ccc(CC)cn1. The molecule has 3 nitrogen and oxygen atoms in total. The van der Waals surface area contributed by atoms with Crippen molar-refractivity contribution in [2.24, 2.45) is 10.7 Å². The van der Waals surface area contributed by atoms with E-state index in [1.54, 1.807) is 0 Å². The van der Waals surface area contributed by atoms with Gasteiger partial charge in [-0.1, -0.05) is 32.4 Å². The maximum Gasteiger partial charge on any atom is 0.154 e. The topological polar surface area (TPSA) is 51.3 Å². The summed E-state index contributed by atoms with van der Waals surface area (Å²) in [7, 11) is 0. The third kappa shape index (κ3) is 4.26. The molecule has 16 heavy (non-hydrogen) atoms. The third-order valence-corrected chi connectivity index (χ3v) is 2.20. The Balaban J connectivity index is 2.66. The molecule has 0 spiro atoms. The first-order chi connectivity index (χ1) is 7.76. The van der Waals surface area contributed by atoms with E-state index in [0.717, 1.165) is 19.3 Å². The van der Waals surface area contributed by atoms with Gasteiger partial charge >= 0.3 is 0 Å². The van der Waals surface area contributed by atoms with Crippen molar-refractivity contribution in [1.29, 1.82) is 0 Å². The first-order valence-corrected chi connectivity index (χ1v) is 5.72. The van der Waals surface area contributed by atoms with Gasteiger partial charge in [0.15, 0.2) is 5.82 Å². The van der Waals surface area contributed by atoms with Crippen LogP contribution < -0.4 is 5.73 Å². The van der Waals surface area contributed by atoms with Crippen molar-refractivity contribution < 1.29 is 0 Å². The summed E-state index contributed by atoms with van der Waals surface area (Å²) in [5.74, 6) is 1.17. The summed E-state index contributed by atoms with van der Waals surface area (Å²) in [6.07, 6.45) is 8.83. The van der Waals surface area contributed by atoms with Crippen LogP contribution >= 0.6 is 0 Å². The lowest BCUT2D eigenvalue weighted by Gasteiger charge is -1.97. The minimum Gasteiger partial charge on any atom is -0.384 e. The molecular weight excluding hydrogens is 198 g/mol. The van der Waals surface area contributed by atoms with Crippen LogP contribution in [0.1, 0.15) is 32.3 Å². The number of aliphatic imine (C=N–C) groups is 1. The first-order valence-electron chi connectivity index (χ1n) is 5.72. The zero-order valence-corrected chi connectivity index (χ0v) is 9.98. The zero-order chi connectivity index (χ0) is 11.8. The largest absolute Gasteiger partial charge is 0.384 e. The van der Waals surface area contributed by atoms with Crippen molar-refractivity contribution in [3.05, 3.63) is 36.0 Å². The Kier molecular flexibility index (Phi) is 5.26. The molecule has 0 saturated heterocycles. The molecule has 1 aromatic rings. The highest BCUT2D eigenvalue weighted by molar-refractivity contribution is 5.92. The highest BCUT2D eigenvalue weighted by Crippen LogP contribution is 2.08. The lowest BCUT2D eigenvalue weighted by Crippen LogP contribution is -2.06. The van der Waals surface area contributed by atoms with Crippen LogP contribution in [0.5, 0.6) is 0 Å². The fourth-order valence-corrected chi connectivity index (χ4v) is 1.23. The summed E-state index contributed by atoms with van der Waals surface area (Å²) in [6, 6.07) is 3.91. The number of nitrogens with zero attached hydrogens (tertiary/aromatic N) is 2. The molecule has 0 aliphatic carbocycles. The van der Waals surface area contributed by atoms with E-state index in [2.05, 4.69) is 23.8 Å². The van der Waals surface area contributed by atoms with E-state index >= 15 is 0 Å². The number of hydrogen-bond acceptors (Lipinski definition) is 2. The maximum atomic E-state index is 5.74. The van der Waals surface area contributed by atoms with Gasteiger partial charge in [-0.15, -0.1) is 0 Å². The van der Waals surface area contributed by atoms with E-state index in [0.29, 0.717) is 11.7 Å². The summed E-state index contributed by atoms with van der Waals surface area (Å²) in [5, 5.41) is 0. The van der Waals surface area contributed by atoms with Crippen LogP contribution in [-0.2, 0) is 6.42 Å². The summed E-state index contributed by atoms with van der Waals surface area (Å²) in [5.41, 5.74) is 6.95. The number of rotatable bonds is 5. The molecule has 0 aliphatic rings. The minimum atomic E-state index is 0.505. The second-order valence-corrected chi connectivity index (χ2v) is 3.61. The Morgan fingerprint density at radius 3 is 2.81 bits per heavy atom. The van der Waals surface area contributed by atoms with Gasteiger partial charge in [0.2, 0.25) is 0 Å². The Bertz CT molecular complexity index is 363. The van der Waals surface area contributed by atoms with Gasteiger partial charge in [0, 0.05) is 6.20 Å². The average molecular weight is 217 g/mol. The normalized spacial score (nSPS) is 12.2. The highest BCUT2D eigenvalue weighted by Gasteiger charge is 1.93. The van der Waals surface area contributed by atoms with Gasteiger partial charge in [0.1, 0.15) is 5.84 Å². The summed E-state index contributed by atoms with van der Waals surface area (Å²) < 4.78 is 0. The molecule has 0 aromatic carbocycles. The fraction of sp³-hybridized carbons (Fsp3) is 0.385. The number of aryl methyl sites for hydroxylation is 1. The quantitative estimate of drug-likeness (QED) is 0.609. The second-order valence-electron chi connectivity index (χ2n) is 3.61. The predicted molar refractivity (Wildman–Crippen MR) is 68.9 cm³/mol. The van der Waals surface area contributed by atoms with Gasteiger partial charge in [-0.2, -0.15) is 0 Å². The van der Waals surface area contributed by atoms with Crippen molar-refractivity contribution in [1.82, 2.24) is 4.98 Å². The second kappa shape index (κ2) is 6.77.